The molecule has 0 N–H and O–H groups in total. The molecular weight excluding hydrogens is 350 g/mol. The smallest absolute Gasteiger partial charge is 0.0141 e. The SMILES string of the molecule is I[C@H]1CCC2C1CC[C@@H]2I. The molecule has 0 aromatic rings. The van der Waals surface area contributed by atoms with Crippen molar-refractivity contribution >= 4 is 45.2 Å². The lowest BCUT2D eigenvalue weighted by Gasteiger charge is -2.13. The van der Waals surface area contributed by atoms with Gasteiger partial charge in [0.1, 0.15) is 0 Å². The zero-order valence-electron chi connectivity index (χ0n) is 5.89. The summed E-state index contributed by atoms with van der Waals surface area (Å²) >= 11 is 5.31. The van der Waals surface area contributed by atoms with E-state index in [9.17, 15) is 0 Å². The van der Waals surface area contributed by atoms with Crippen LogP contribution in [0.3, 0.4) is 0 Å². The lowest BCUT2D eigenvalue weighted by atomic mass is 10.0. The van der Waals surface area contributed by atoms with E-state index in [2.05, 4.69) is 45.2 Å². The van der Waals surface area contributed by atoms with Crippen LogP contribution in [0.2, 0.25) is 0 Å². The molecule has 0 heterocycles. The molecule has 2 aliphatic carbocycles. The van der Waals surface area contributed by atoms with Crippen molar-refractivity contribution in [2.75, 3.05) is 0 Å². The van der Waals surface area contributed by atoms with Gasteiger partial charge in [0.05, 0.1) is 0 Å². The molecule has 0 aromatic heterocycles. The van der Waals surface area contributed by atoms with Crippen molar-refractivity contribution in [3.63, 3.8) is 0 Å². The normalized spacial score (nSPS) is 53.4. The first-order chi connectivity index (χ1) is 4.79. The van der Waals surface area contributed by atoms with Crippen molar-refractivity contribution in [3.8, 4) is 0 Å². The van der Waals surface area contributed by atoms with Gasteiger partial charge in [0.25, 0.3) is 0 Å². The maximum absolute atomic E-state index is 2.66. The zero-order chi connectivity index (χ0) is 7.14. The minimum absolute atomic E-state index is 1.02. The average Bonchev–Trinajstić information content (AvgIpc) is 2.41. The fourth-order valence-corrected chi connectivity index (χ4v) is 4.96. The third-order valence-corrected chi connectivity index (χ3v) is 6.12. The van der Waals surface area contributed by atoms with E-state index < -0.39 is 0 Å². The van der Waals surface area contributed by atoms with Crippen LogP contribution >= 0.6 is 45.2 Å². The van der Waals surface area contributed by atoms with Crippen molar-refractivity contribution in [3.05, 3.63) is 0 Å². The molecule has 0 bridgehead atoms. The van der Waals surface area contributed by atoms with E-state index in [1.807, 2.05) is 0 Å². The predicted octanol–water partition coefficient (Wildman–Crippen LogP) is 3.41. The Labute approximate surface area is 89.8 Å². The molecule has 58 valence electrons. The van der Waals surface area contributed by atoms with Gasteiger partial charge in [-0.3, -0.25) is 0 Å². The molecule has 2 rings (SSSR count). The number of hydrogen-bond acceptors (Lipinski definition) is 0. The molecule has 0 aliphatic heterocycles. The van der Waals surface area contributed by atoms with Crippen LogP contribution in [0.25, 0.3) is 0 Å². The summed E-state index contributed by atoms with van der Waals surface area (Å²) in [6.45, 7) is 0. The maximum atomic E-state index is 2.66. The molecule has 2 aliphatic rings. The van der Waals surface area contributed by atoms with Gasteiger partial charge >= 0.3 is 0 Å². The molecule has 0 saturated heterocycles. The maximum Gasteiger partial charge on any atom is 0.0141 e. The van der Waals surface area contributed by atoms with E-state index in [0.717, 1.165) is 19.7 Å². The van der Waals surface area contributed by atoms with Crippen LogP contribution in [0.4, 0.5) is 0 Å². The molecule has 0 amide bonds. The first kappa shape index (κ1) is 8.08. The van der Waals surface area contributed by atoms with Crippen LogP contribution < -0.4 is 0 Å². The largest absolute Gasteiger partial charge is 0.0823 e. The summed E-state index contributed by atoms with van der Waals surface area (Å²) in [5, 5.41) is 0. The van der Waals surface area contributed by atoms with E-state index in [1.165, 1.54) is 25.7 Å². The van der Waals surface area contributed by atoms with Gasteiger partial charge in [-0.05, 0) is 37.5 Å². The highest BCUT2D eigenvalue weighted by Crippen LogP contribution is 2.49. The van der Waals surface area contributed by atoms with Crippen LogP contribution in [-0.4, -0.2) is 7.85 Å². The summed E-state index contributed by atoms with van der Waals surface area (Å²) in [6.07, 6.45) is 6.03. The van der Waals surface area contributed by atoms with E-state index in [4.69, 9.17) is 0 Å². The second-order valence-electron chi connectivity index (χ2n) is 3.51. The lowest BCUT2D eigenvalue weighted by Crippen LogP contribution is -2.11. The van der Waals surface area contributed by atoms with E-state index in [0.29, 0.717) is 0 Å². The van der Waals surface area contributed by atoms with Crippen LogP contribution in [0, 0.1) is 11.8 Å². The zero-order valence-corrected chi connectivity index (χ0v) is 10.2. The average molecular weight is 362 g/mol. The number of halogens is 2. The summed E-state index contributed by atoms with van der Waals surface area (Å²) in [7, 11) is 0. The quantitative estimate of drug-likeness (QED) is 0.458. The molecule has 4 atom stereocenters. The van der Waals surface area contributed by atoms with Crippen molar-refractivity contribution < 1.29 is 0 Å². The fraction of sp³-hybridized carbons (Fsp3) is 1.00. The van der Waals surface area contributed by atoms with Crippen molar-refractivity contribution in [2.45, 2.75) is 33.5 Å². The minimum Gasteiger partial charge on any atom is -0.0823 e. The summed E-state index contributed by atoms with van der Waals surface area (Å²) in [5.74, 6) is 2.20. The third kappa shape index (κ3) is 1.23. The third-order valence-electron chi connectivity index (χ3n) is 3.03. The van der Waals surface area contributed by atoms with Gasteiger partial charge < -0.3 is 0 Å². The molecule has 10 heavy (non-hydrogen) atoms. The predicted molar refractivity (Wildman–Crippen MR) is 61.1 cm³/mol. The lowest BCUT2D eigenvalue weighted by molar-refractivity contribution is 0.480. The Balaban J connectivity index is 2.09. The second-order valence-corrected chi connectivity index (χ2v) is 6.71. The Hall–Kier alpha value is 1.46. The first-order valence-corrected chi connectivity index (χ1v) is 6.56. The topological polar surface area (TPSA) is 0 Å². The highest BCUT2D eigenvalue weighted by atomic mass is 127. The Morgan fingerprint density at radius 3 is 1.50 bits per heavy atom. The molecule has 0 radical (unpaired) electrons. The van der Waals surface area contributed by atoms with Crippen LogP contribution in [0.5, 0.6) is 0 Å². The molecular formula is C8H12I2. The summed E-state index contributed by atoms with van der Waals surface area (Å²) in [6, 6.07) is 0. The first-order valence-electron chi connectivity index (χ1n) is 4.07. The number of hydrogen-bond donors (Lipinski definition) is 0. The van der Waals surface area contributed by atoms with Gasteiger partial charge in [-0.25, -0.2) is 0 Å². The number of fused-ring (bicyclic) bond motifs is 1. The highest BCUT2D eigenvalue weighted by Gasteiger charge is 2.42. The summed E-state index contributed by atoms with van der Waals surface area (Å²) in [5.41, 5.74) is 0. The van der Waals surface area contributed by atoms with Gasteiger partial charge in [-0.2, -0.15) is 0 Å². The second kappa shape index (κ2) is 3.07. The van der Waals surface area contributed by atoms with Gasteiger partial charge in [0, 0.05) is 7.85 Å². The molecule has 2 fully saturated rings. The van der Waals surface area contributed by atoms with Crippen LogP contribution in [0.15, 0.2) is 0 Å². The van der Waals surface area contributed by atoms with Gasteiger partial charge in [-0.15, -0.1) is 0 Å². The van der Waals surface area contributed by atoms with Gasteiger partial charge in [0.2, 0.25) is 0 Å². The minimum atomic E-state index is 1.02. The highest BCUT2D eigenvalue weighted by molar-refractivity contribution is 14.1. The Morgan fingerprint density at radius 2 is 1.10 bits per heavy atom. The molecule has 0 nitrogen and oxygen atoms in total. The Kier molecular flexibility index (Phi) is 2.48. The summed E-state index contributed by atoms with van der Waals surface area (Å²) < 4.78 is 2.03. The summed E-state index contributed by atoms with van der Waals surface area (Å²) in [4.78, 5) is 0. The van der Waals surface area contributed by atoms with Crippen molar-refractivity contribution in [1.82, 2.24) is 0 Å². The van der Waals surface area contributed by atoms with E-state index in [-0.39, 0.29) is 0 Å². The fourth-order valence-electron chi connectivity index (χ4n) is 2.46. The number of alkyl halides is 2. The molecule has 2 unspecified atom stereocenters. The number of rotatable bonds is 0. The monoisotopic (exact) mass is 362 g/mol. The molecule has 0 aromatic carbocycles. The van der Waals surface area contributed by atoms with Crippen LogP contribution in [-0.2, 0) is 0 Å². The molecule has 0 spiro atoms. The van der Waals surface area contributed by atoms with Crippen molar-refractivity contribution in [2.24, 2.45) is 11.8 Å². The van der Waals surface area contributed by atoms with Gasteiger partial charge in [0.15, 0.2) is 0 Å². The standard InChI is InChI=1S/C8H12I2/c9-7-3-1-5-6(7)2-4-8(5)10/h5-8H,1-4H2/t5?,6?,7-,8-/m0/s1. The molecule has 2 saturated carbocycles. The Morgan fingerprint density at radius 1 is 0.700 bits per heavy atom. The van der Waals surface area contributed by atoms with Crippen LogP contribution in [0.1, 0.15) is 25.7 Å². The molecule has 2 heteroatoms. The van der Waals surface area contributed by atoms with E-state index >= 15 is 0 Å². The van der Waals surface area contributed by atoms with Gasteiger partial charge in [-0.1, -0.05) is 45.2 Å². The Bertz CT molecular complexity index is 119. The van der Waals surface area contributed by atoms with Crippen molar-refractivity contribution in [1.29, 1.82) is 0 Å². The van der Waals surface area contributed by atoms with E-state index in [1.54, 1.807) is 0 Å².